The number of nitrogens with zero attached hydrogens (tertiary/aromatic N) is 1. The monoisotopic (exact) mass is 528 g/mol. The Labute approximate surface area is 218 Å². The molecule has 182 valence electrons. The zero-order valence-electron chi connectivity index (χ0n) is 19.5. The van der Waals surface area contributed by atoms with Crippen LogP contribution in [0.2, 0.25) is 10.0 Å². The summed E-state index contributed by atoms with van der Waals surface area (Å²) in [4.78, 5) is 23.1. The summed E-state index contributed by atoms with van der Waals surface area (Å²) >= 11 is 13.8. The zero-order chi connectivity index (χ0) is 24.4. The zero-order valence-corrected chi connectivity index (χ0v) is 21.8. The molecule has 0 bridgehead atoms. The first-order chi connectivity index (χ1) is 17.0. The van der Waals surface area contributed by atoms with Crippen LogP contribution in [-0.2, 0) is 19.4 Å². The van der Waals surface area contributed by atoms with E-state index in [0.717, 1.165) is 40.6 Å². The number of aryl methyl sites for hydroxylation is 2. The van der Waals surface area contributed by atoms with Crippen LogP contribution in [0.5, 0.6) is 11.5 Å². The molecule has 0 fully saturated rings. The maximum Gasteiger partial charge on any atom is 0.260 e. The molecule has 0 aliphatic heterocycles. The number of ether oxygens (including phenoxy) is 2. The average molecular weight is 529 g/mol. The van der Waals surface area contributed by atoms with Gasteiger partial charge in [0, 0.05) is 10.4 Å². The molecule has 8 heteroatoms. The first kappa shape index (κ1) is 24.2. The van der Waals surface area contributed by atoms with E-state index in [1.54, 1.807) is 23.5 Å². The van der Waals surface area contributed by atoms with E-state index in [2.05, 4.69) is 4.98 Å². The van der Waals surface area contributed by atoms with Crippen LogP contribution in [0, 0.1) is 0 Å². The molecule has 1 aliphatic carbocycles. The van der Waals surface area contributed by atoms with Crippen molar-refractivity contribution >= 4 is 44.8 Å². The van der Waals surface area contributed by atoms with Crippen LogP contribution in [0.15, 0.2) is 41.2 Å². The van der Waals surface area contributed by atoms with E-state index >= 15 is 0 Å². The van der Waals surface area contributed by atoms with Crippen LogP contribution in [0.3, 0.4) is 0 Å². The van der Waals surface area contributed by atoms with Gasteiger partial charge in [0.1, 0.15) is 17.3 Å². The maximum absolute atomic E-state index is 13.1. The summed E-state index contributed by atoms with van der Waals surface area (Å²) in [6.07, 6.45) is 6.76. The Balaban J connectivity index is 1.46. The molecule has 5 rings (SSSR count). The Bertz CT molecular complexity index is 1430. The fourth-order valence-corrected chi connectivity index (χ4v) is 6.07. The third-order valence-corrected chi connectivity index (χ3v) is 8.15. The Kier molecular flexibility index (Phi) is 7.32. The van der Waals surface area contributed by atoms with Gasteiger partial charge in [0.2, 0.25) is 0 Å². The molecule has 2 aromatic carbocycles. The third-order valence-electron chi connectivity index (χ3n) is 6.22. The van der Waals surface area contributed by atoms with Gasteiger partial charge in [-0.05, 0) is 74.1 Å². The summed E-state index contributed by atoms with van der Waals surface area (Å²) in [5.41, 5.74) is 2.80. The van der Waals surface area contributed by atoms with Crippen molar-refractivity contribution in [3.05, 3.63) is 72.8 Å². The van der Waals surface area contributed by atoms with E-state index in [1.807, 2.05) is 31.2 Å². The van der Waals surface area contributed by atoms with E-state index in [4.69, 9.17) is 37.7 Å². The second-order valence-electron chi connectivity index (χ2n) is 8.64. The molecule has 0 saturated heterocycles. The van der Waals surface area contributed by atoms with Gasteiger partial charge in [-0.15, -0.1) is 11.3 Å². The molecule has 1 aliphatic rings. The number of aromatic amines is 1. The predicted octanol–water partition coefficient (Wildman–Crippen LogP) is 7.60. The van der Waals surface area contributed by atoms with Crippen molar-refractivity contribution in [1.82, 2.24) is 9.97 Å². The fourth-order valence-electron chi connectivity index (χ4n) is 4.49. The largest absolute Gasteiger partial charge is 0.490 e. The van der Waals surface area contributed by atoms with E-state index in [9.17, 15) is 4.79 Å². The molecule has 5 nitrogen and oxygen atoms in total. The van der Waals surface area contributed by atoms with Crippen molar-refractivity contribution in [1.29, 1.82) is 0 Å². The highest BCUT2D eigenvalue weighted by Gasteiger charge is 2.19. The third kappa shape index (κ3) is 5.20. The SMILES string of the molecule is CCOc1cc(-c2nc3sc4c(c3c(=O)[nH]2)CCCCCC4)ccc1OCc1ccc(Cl)c(Cl)c1. The molecule has 2 heterocycles. The first-order valence-corrected chi connectivity index (χ1v) is 13.5. The smallest absolute Gasteiger partial charge is 0.260 e. The van der Waals surface area contributed by atoms with Gasteiger partial charge in [-0.1, -0.05) is 42.1 Å². The Morgan fingerprint density at radius 1 is 0.971 bits per heavy atom. The maximum atomic E-state index is 13.1. The summed E-state index contributed by atoms with van der Waals surface area (Å²) in [6.45, 7) is 2.72. The van der Waals surface area contributed by atoms with Gasteiger partial charge in [0.05, 0.1) is 22.0 Å². The molecule has 35 heavy (non-hydrogen) atoms. The van der Waals surface area contributed by atoms with Gasteiger partial charge in [0.25, 0.3) is 5.56 Å². The average Bonchev–Trinajstić information content (AvgIpc) is 3.17. The second kappa shape index (κ2) is 10.6. The van der Waals surface area contributed by atoms with Gasteiger partial charge < -0.3 is 14.5 Å². The highest BCUT2D eigenvalue weighted by molar-refractivity contribution is 7.18. The van der Waals surface area contributed by atoms with Crippen LogP contribution < -0.4 is 15.0 Å². The van der Waals surface area contributed by atoms with Crippen molar-refractivity contribution in [3.8, 4) is 22.9 Å². The number of thiophene rings is 1. The number of hydrogen-bond acceptors (Lipinski definition) is 5. The molecule has 2 aromatic heterocycles. The van der Waals surface area contributed by atoms with Crippen molar-refractivity contribution in [2.24, 2.45) is 0 Å². The highest BCUT2D eigenvalue weighted by atomic mass is 35.5. The molecule has 0 spiro atoms. The molecule has 0 atom stereocenters. The Hall–Kier alpha value is -2.54. The molecule has 0 amide bonds. The minimum Gasteiger partial charge on any atom is -0.490 e. The van der Waals surface area contributed by atoms with Crippen molar-refractivity contribution in [2.75, 3.05) is 6.61 Å². The number of benzene rings is 2. The van der Waals surface area contributed by atoms with Gasteiger partial charge in [0.15, 0.2) is 11.5 Å². The summed E-state index contributed by atoms with van der Waals surface area (Å²) in [5, 5.41) is 1.76. The van der Waals surface area contributed by atoms with E-state index in [0.29, 0.717) is 40.6 Å². The van der Waals surface area contributed by atoms with Gasteiger partial charge in [-0.3, -0.25) is 4.79 Å². The normalized spacial score (nSPS) is 13.8. The molecular formula is C27H26Cl2N2O3S. The van der Waals surface area contributed by atoms with Crippen LogP contribution >= 0.6 is 34.5 Å². The lowest BCUT2D eigenvalue weighted by Crippen LogP contribution is -2.10. The molecular weight excluding hydrogens is 503 g/mol. The number of aromatic nitrogens is 2. The lowest BCUT2D eigenvalue weighted by molar-refractivity contribution is 0.269. The van der Waals surface area contributed by atoms with Crippen LogP contribution in [0.4, 0.5) is 0 Å². The number of rotatable bonds is 6. The predicted molar refractivity (Wildman–Crippen MR) is 144 cm³/mol. The lowest BCUT2D eigenvalue weighted by atomic mass is 9.98. The molecule has 0 unspecified atom stereocenters. The van der Waals surface area contributed by atoms with Crippen LogP contribution in [0.25, 0.3) is 21.6 Å². The summed E-state index contributed by atoms with van der Waals surface area (Å²) in [6, 6.07) is 11.0. The van der Waals surface area contributed by atoms with Crippen molar-refractivity contribution in [3.63, 3.8) is 0 Å². The van der Waals surface area contributed by atoms with Crippen molar-refractivity contribution < 1.29 is 9.47 Å². The van der Waals surface area contributed by atoms with Crippen LogP contribution in [-0.4, -0.2) is 16.6 Å². The van der Waals surface area contributed by atoms with E-state index < -0.39 is 0 Å². The van der Waals surface area contributed by atoms with Crippen molar-refractivity contribution in [2.45, 2.75) is 52.1 Å². The minimum atomic E-state index is -0.0685. The lowest BCUT2D eigenvalue weighted by Gasteiger charge is -2.14. The highest BCUT2D eigenvalue weighted by Crippen LogP contribution is 2.35. The molecule has 1 N–H and O–H groups in total. The summed E-state index contributed by atoms with van der Waals surface area (Å²) < 4.78 is 11.9. The molecule has 4 aromatic rings. The standard InChI is InChI=1S/C27H26Cl2N2O3S/c1-2-33-22-14-17(10-12-21(22)34-15-16-9-11-19(28)20(29)13-16)25-30-26(32)24-18-7-5-3-4-6-8-23(18)35-27(24)31-25/h9-14H,2-8,15H2,1H3,(H,30,31,32). The number of nitrogens with one attached hydrogen (secondary N) is 1. The molecule has 0 radical (unpaired) electrons. The quantitative estimate of drug-likeness (QED) is 0.279. The minimum absolute atomic E-state index is 0.0685. The summed E-state index contributed by atoms with van der Waals surface area (Å²) in [7, 11) is 0. The Morgan fingerprint density at radius 3 is 2.60 bits per heavy atom. The fraction of sp³-hybridized carbons (Fsp3) is 0.333. The first-order valence-electron chi connectivity index (χ1n) is 11.9. The van der Waals surface area contributed by atoms with Gasteiger partial charge >= 0.3 is 0 Å². The number of halogens is 2. The van der Waals surface area contributed by atoms with E-state index in [-0.39, 0.29) is 5.56 Å². The number of H-pyrrole nitrogens is 1. The van der Waals surface area contributed by atoms with Gasteiger partial charge in [-0.2, -0.15) is 0 Å². The topological polar surface area (TPSA) is 64.2 Å². The number of hydrogen-bond donors (Lipinski definition) is 1. The van der Waals surface area contributed by atoms with E-state index in [1.165, 1.54) is 29.7 Å². The molecule has 0 saturated carbocycles. The van der Waals surface area contributed by atoms with Gasteiger partial charge in [-0.25, -0.2) is 4.98 Å². The second-order valence-corrected chi connectivity index (χ2v) is 10.5. The van der Waals surface area contributed by atoms with Crippen LogP contribution in [0.1, 0.15) is 48.6 Å². The summed E-state index contributed by atoms with van der Waals surface area (Å²) in [5.74, 6) is 1.73. The Morgan fingerprint density at radius 2 is 1.80 bits per heavy atom. The number of fused-ring (bicyclic) bond motifs is 3.